The Hall–Kier alpha value is -3.68. The summed E-state index contributed by atoms with van der Waals surface area (Å²) in [6.45, 7) is 0. The van der Waals surface area contributed by atoms with Gasteiger partial charge in [-0.3, -0.25) is 19.2 Å². The number of hydrogen-bond donors (Lipinski definition) is 4. The van der Waals surface area contributed by atoms with Gasteiger partial charge in [-0.15, -0.1) is 0 Å². The maximum atomic E-state index is 12.7. The van der Waals surface area contributed by atoms with E-state index in [1.807, 2.05) is 0 Å². The molecule has 0 spiro atoms. The van der Waals surface area contributed by atoms with Crippen LogP contribution in [0.3, 0.4) is 0 Å². The molecule has 0 heterocycles. The molecule has 8 heteroatoms. The van der Waals surface area contributed by atoms with E-state index in [0.717, 1.165) is 6.07 Å². The minimum atomic E-state index is -1.33. The highest BCUT2D eigenvalue weighted by molar-refractivity contribution is 6.30. The SMILES string of the molecule is O=C(O)CC(Cc1cc(O)c2c(c1)C(=O)c1cccc(O)c1C2=O)C(=O)O. The number of carboxylic acids is 2. The zero-order valence-electron chi connectivity index (χ0n) is 13.8. The van der Waals surface area contributed by atoms with Gasteiger partial charge in [0.15, 0.2) is 5.78 Å². The van der Waals surface area contributed by atoms with E-state index in [9.17, 15) is 34.5 Å². The Morgan fingerprint density at radius 2 is 1.56 bits per heavy atom. The molecule has 0 amide bonds. The first-order valence-electron chi connectivity index (χ1n) is 7.92. The van der Waals surface area contributed by atoms with Crippen molar-refractivity contribution in [3.63, 3.8) is 0 Å². The summed E-state index contributed by atoms with van der Waals surface area (Å²) in [5, 5.41) is 38.2. The van der Waals surface area contributed by atoms with E-state index in [1.54, 1.807) is 0 Å². The Balaban J connectivity index is 2.07. The van der Waals surface area contributed by atoms with Crippen molar-refractivity contribution in [3.05, 3.63) is 58.1 Å². The fourth-order valence-electron chi connectivity index (χ4n) is 3.20. The molecule has 8 nitrogen and oxygen atoms in total. The summed E-state index contributed by atoms with van der Waals surface area (Å²) in [6.07, 6.45) is -0.867. The smallest absolute Gasteiger partial charge is 0.307 e. The van der Waals surface area contributed by atoms with Gasteiger partial charge in [0.05, 0.1) is 23.5 Å². The Labute approximate surface area is 152 Å². The maximum Gasteiger partial charge on any atom is 0.307 e. The van der Waals surface area contributed by atoms with Crippen LogP contribution in [-0.2, 0) is 16.0 Å². The minimum Gasteiger partial charge on any atom is -0.507 e. The lowest BCUT2D eigenvalue weighted by Crippen LogP contribution is -2.23. The number of carbonyl (C=O) groups is 4. The highest BCUT2D eigenvalue weighted by Gasteiger charge is 2.35. The number of ketones is 2. The molecule has 1 aliphatic rings. The van der Waals surface area contributed by atoms with Gasteiger partial charge in [0.2, 0.25) is 5.78 Å². The lowest BCUT2D eigenvalue weighted by atomic mass is 9.81. The average molecular weight is 370 g/mol. The van der Waals surface area contributed by atoms with Gasteiger partial charge in [-0.05, 0) is 30.2 Å². The zero-order valence-corrected chi connectivity index (χ0v) is 13.8. The molecule has 3 rings (SSSR count). The van der Waals surface area contributed by atoms with E-state index in [-0.39, 0.29) is 40.0 Å². The van der Waals surface area contributed by atoms with Gasteiger partial charge in [0.1, 0.15) is 11.5 Å². The number of aromatic hydroxyl groups is 2. The molecule has 27 heavy (non-hydrogen) atoms. The number of rotatable bonds is 5. The Bertz CT molecular complexity index is 1010. The Morgan fingerprint density at radius 1 is 0.889 bits per heavy atom. The van der Waals surface area contributed by atoms with Crippen molar-refractivity contribution >= 4 is 23.5 Å². The van der Waals surface area contributed by atoms with Gasteiger partial charge in [0, 0.05) is 11.1 Å². The molecular weight excluding hydrogens is 356 g/mol. The summed E-state index contributed by atoms with van der Waals surface area (Å²) < 4.78 is 0. The van der Waals surface area contributed by atoms with Crippen LogP contribution in [0.1, 0.15) is 43.8 Å². The monoisotopic (exact) mass is 370 g/mol. The predicted molar refractivity (Wildman–Crippen MR) is 90.2 cm³/mol. The van der Waals surface area contributed by atoms with Crippen LogP contribution in [0, 0.1) is 5.92 Å². The summed E-state index contributed by atoms with van der Waals surface area (Å²) >= 11 is 0. The molecule has 4 N–H and O–H groups in total. The maximum absolute atomic E-state index is 12.7. The second kappa shape index (κ2) is 6.56. The average Bonchev–Trinajstić information content (AvgIpc) is 2.58. The highest BCUT2D eigenvalue weighted by atomic mass is 16.4. The van der Waals surface area contributed by atoms with Gasteiger partial charge in [-0.25, -0.2) is 0 Å². The number of carboxylic acid groups (broad SMARTS) is 2. The van der Waals surface area contributed by atoms with Crippen molar-refractivity contribution < 1.29 is 39.6 Å². The molecular formula is C19H14O8. The number of phenols is 2. The largest absolute Gasteiger partial charge is 0.507 e. The van der Waals surface area contributed by atoms with E-state index in [1.165, 1.54) is 24.3 Å². The van der Waals surface area contributed by atoms with Crippen molar-refractivity contribution in [2.24, 2.45) is 5.92 Å². The fraction of sp³-hybridized carbons (Fsp3) is 0.158. The first kappa shape index (κ1) is 18.1. The lowest BCUT2D eigenvalue weighted by Gasteiger charge is -2.20. The summed E-state index contributed by atoms with van der Waals surface area (Å²) in [5.74, 6) is -6.11. The molecule has 1 atom stereocenters. The molecule has 2 aromatic rings. The number of benzene rings is 2. The fourth-order valence-corrected chi connectivity index (χ4v) is 3.20. The third kappa shape index (κ3) is 3.12. The first-order chi connectivity index (χ1) is 12.7. The van der Waals surface area contributed by atoms with Crippen LogP contribution in [0.5, 0.6) is 11.5 Å². The predicted octanol–water partition coefficient (Wildman–Crippen LogP) is 1.59. The van der Waals surface area contributed by atoms with Crippen molar-refractivity contribution in [1.29, 1.82) is 0 Å². The number of fused-ring (bicyclic) bond motifs is 2. The molecule has 2 aromatic carbocycles. The molecule has 0 aromatic heterocycles. The second-order valence-corrected chi connectivity index (χ2v) is 6.23. The van der Waals surface area contributed by atoms with Crippen LogP contribution in [0.2, 0.25) is 0 Å². The van der Waals surface area contributed by atoms with Crippen LogP contribution in [0.15, 0.2) is 30.3 Å². The minimum absolute atomic E-state index is 0.0237. The number of carbonyl (C=O) groups excluding carboxylic acids is 2. The van der Waals surface area contributed by atoms with E-state index in [0.29, 0.717) is 0 Å². The van der Waals surface area contributed by atoms with E-state index in [2.05, 4.69) is 0 Å². The second-order valence-electron chi connectivity index (χ2n) is 6.23. The van der Waals surface area contributed by atoms with Crippen LogP contribution < -0.4 is 0 Å². The number of aliphatic carboxylic acids is 2. The van der Waals surface area contributed by atoms with E-state index >= 15 is 0 Å². The van der Waals surface area contributed by atoms with Gasteiger partial charge in [0.25, 0.3) is 0 Å². The number of hydrogen-bond acceptors (Lipinski definition) is 6. The molecule has 0 saturated heterocycles. The van der Waals surface area contributed by atoms with Crippen molar-refractivity contribution in [2.75, 3.05) is 0 Å². The van der Waals surface area contributed by atoms with Gasteiger partial charge >= 0.3 is 11.9 Å². The third-order valence-electron chi connectivity index (χ3n) is 4.42. The summed E-state index contributed by atoms with van der Waals surface area (Å²) in [6, 6.07) is 6.43. The van der Waals surface area contributed by atoms with E-state index in [4.69, 9.17) is 5.11 Å². The summed E-state index contributed by atoms with van der Waals surface area (Å²) in [5.41, 5.74) is -0.406. The van der Waals surface area contributed by atoms with Gasteiger partial charge < -0.3 is 20.4 Å². The van der Waals surface area contributed by atoms with Crippen molar-refractivity contribution in [1.82, 2.24) is 0 Å². The molecule has 1 aliphatic carbocycles. The molecule has 1 unspecified atom stereocenters. The summed E-state index contributed by atoms with van der Waals surface area (Å²) in [4.78, 5) is 47.5. The Morgan fingerprint density at radius 3 is 2.19 bits per heavy atom. The van der Waals surface area contributed by atoms with Gasteiger partial charge in [-0.1, -0.05) is 12.1 Å². The standard InChI is InChI=1S/C19H14O8/c20-12-3-1-2-10-15(12)18(25)16-11(17(10)24)5-8(6-13(16)21)4-9(19(26)27)7-14(22)23/h1-3,5-6,9,20-21H,4,7H2,(H,22,23)(H,26,27). The van der Waals surface area contributed by atoms with Crippen molar-refractivity contribution in [2.45, 2.75) is 12.8 Å². The lowest BCUT2D eigenvalue weighted by molar-refractivity contribution is -0.148. The van der Waals surface area contributed by atoms with Crippen LogP contribution in [-0.4, -0.2) is 43.9 Å². The molecule has 0 fully saturated rings. The summed E-state index contributed by atoms with van der Waals surface area (Å²) in [7, 11) is 0. The first-order valence-corrected chi connectivity index (χ1v) is 7.92. The number of phenolic OH excluding ortho intramolecular Hbond substituents is 2. The van der Waals surface area contributed by atoms with Gasteiger partial charge in [-0.2, -0.15) is 0 Å². The normalized spacial score (nSPS) is 13.6. The molecule has 138 valence electrons. The molecule has 0 radical (unpaired) electrons. The molecule has 0 saturated carbocycles. The highest BCUT2D eigenvalue weighted by Crippen LogP contribution is 2.37. The molecule has 0 bridgehead atoms. The Kier molecular flexibility index (Phi) is 4.40. The zero-order chi connectivity index (χ0) is 19.9. The van der Waals surface area contributed by atoms with Crippen molar-refractivity contribution in [3.8, 4) is 11.5 Å². The van der Waals surface area contributed by atoms with E-state index < -0.39 is 41.6 Å². The topological polar surface area (TPSA) is 149 Å². The van der Waals surface area contributed by atoms with Crippen LogP contribution in [0.25, 0.3) is 0 Å². The third-order valence-corrected chi connectivity index (χ3v) is 4.42. The van der Waals surface area contributed by atoms with Crippen LogP contribution in [0.4, 0.5) is 0 Å². The molecule has 0 aliphatic heterocycles. The quantitative estimate of drug-likeness (QED) is 0.529. The van der Waals surface area contributed by atoms with Crippen LogP contribution >= 0.6 is 0 Å².